The molecular weight excluding hydrogens is 446 g/mol. The van der Waals surface area contributed by atoms with E-state index in [0.717, 1.165) is 0 Å². The van der Waals surface area contributed by atoms with Gasteiger partial charge in [0.1, 0.15) is 5.69 Å². The van der Waals surface area contributed by atoms with Crippen molar-refractivity contribution in [2.75, 3.05) is 39.3 Å². The molecule has 3 heterocycles. The molecule has 2 saturated heterocycles. The molecular formula is C22H27N5O5S. The highest BCUT2D eigenvalue weighted by Gasteiger charge is 2.33. The van der Waals surface area contributed by atoms with Gasteiger partial charge in [-0.25, -0.2) is 13.4 Å². The first-order chi connectivity index (χ1) is 15.8. The fourth-order valence-electron chi connectivity index (χ4n) is 4.13. The van der Waals surface area contributed by atoms with Gasteiger partial charge >= 0.3 is 0 Å². The number of aromatic nitrogens is 2. The highest BCUT2D eigenvalue weighted by Crippen LogP contribution is 2.22. The van der Waals surface area contributed by atoms with Crippen molar-refractivity contribution in [1.82, 2.24) is 24.1 Å². The van der Waals surface area contributed by atoms with Crippen molar-refractivity contribution >= 4 is 21.8 Å². The minimum Gasteiger partial charge on any atom is -0.373 e. The van der Waals surface area contributed by atoms with Crippen LogP contribution in [-0.2, 0) is 14.8 Å². The Kier molecular flexibility index (Phi) is 6.73. The van der Waals surface area contributed by atoms with Crippen molar-refractivity contribution in [1.29, 1.82) is 0 Å². The molecule has 2 atom stereocenters. The van der Waals surface area contributed by atoms with Gasteiger partial charge in [0.05, 0.1) is 23.3 Å². The highest BCUT2D eigenvalue weighted by molar-refractivity contribution is 7.89. The molecule has 2 aliphatic heterocycles. The van der Waals surface area contributed by atoms with E-state index in [2.05, 4.69) is 9.97 Å². The molecule has 2 aliphatic rings. The van der Waals surface area contributed by atoms with Gasteiger partial charge in [-0.1, -0.05) is 6.07 Å². The normalized spacial score (nSPS) is 22.2. The first-order valence-corrected chi connectivity index (χ1v) is 12.3. The average Bonchev–Trinajstić information content (AvgIpc) is 2.83. The van der Waals surface area contributed by atoms with Gasteiger partial charge in [-0.3, -0.25) is 14.6 Å². The molecule has 4 rings (SSSR count). The molecule has 0 bridgehead atoms. The molecule has 1 aromatic carbocycles. The zero-order valence-corrected chi connectivity index (χ0v) is 19.4. The number of hydrogen-bond donors (Lipinski definition) is 0. The number of rotatable bonds is 4. The first-order valence-electron chi connectivity index (χ1n) is 10.9. The number of nitrogens with zero attached hydrogens (tertiary/aromatic N) is 5. The summed E-state index contributed by atoms with van der Waals surface area (Å²) in [5, 5.41) is 0. The van der Waals surface area contributed by atoms with E-state index >= 15 is 0 Å². The quantitative estimate of drug-likeness (QED) is 0.648. The van der Waals surface area contributed by atoms with Crippen LogP contribution in [0.25, 0.3) is 0 Å². The number of hydrogen-bond acceptors (Lipinski definition) is 7. The molecule has 33 heavy (non-hydrogen) atoms. The Morgan fingerprint density at radius 3 is 2.21 bits per heavy atom. The molecule has 176 valence electrons. The van der Waals surface area contributed by atoms with Crippen LogP contribution in [0.4, 0.5) is 0 Å². The monoisotopic (exact) mass is 473 g/mol. The molecule has 0 saturated carbocycles. The summed E-state index contributed by atoms with van der Waals surface area (Å²) in [5.41, 5.74) is 0.570. The molecule has 0 aliphatic carbocycles. The van der Waals surface area contributed by atoms with Crippen molar-refractivity contribution in [2.24, 2.45) is 0 Å². The van der Waals surface area contributed by atoms with E-state index in [-0.39, 0.29) is 47.7 Å². The Bertz CT molecular complexity index is 1110. The van der Waals surface area contributed by atoms with E-state index in [9.17, 15) is 18.0 Å². The van der Waals surface area contributed by atoms with E-state index in [1.807, 2.05) is 13.8 Å². The molecule has 0 spiro atoms. The van der Waals surface area contributed by atoms with Gasteiger partial charge in [-0.2, -0.15) is 4.31 Å². The predicted octanol–water partition coefficient (Wildman–Crippen LogP) is 0.873. The van der Waals surface area contributed by atoms with Gasteiger partial charge in [-0.15, -0.1) is 0 Å². The number of sulfonamides is 1. The molecule has 1 aromatic heterocycles. The minimum atomic E-state index is -3.75. The second-order valence-electron chi connectivity index (χ2n) is 8.28. The number of morpholine rings is 1. The van der Waals surface area contributed by atoms with Crippen LogP contribution < -0.4 is 0 Å². The fourth-order valence-corrected chi connectivity index (χ4v) is 5.77. The predicted molar refractivity (Wildman–Crippen MR) is 119 cm³/mol. The van der Waals surface area contributed by atoms with E-state index in [0.29, 0.717) is 31.7 Å². The number of carbonyl (C=O) groups is 2. The maximum atomic E-state index is 13.2. The van der Waals surface area contributed by atoms with Gasteiger partial charge < -0.3 is 14.5 Å². The zero-order chi connectivity index (χ0) is 23.6. The van der Waals surface area contributed by atoms with Gasteiger partial charge in [0, 0.05) is 57.2 Å². The molecule has 2 fully saturated rings. The summed E-state index contributed by atoms with van der Waals surface area (Å²) < 4.78 is 33.4. The third-order valence-corrected chi connectivity index (χ3v) is 7.57. The molecule has 2 amide bonds. The van der Waals surface area contributed by atoms with Crippen LogP contribution in [0, 0.1) is 0 Å². The second-order valence-corrected chi connectivity index (χ2v) is 10.2. The maximum Gasteiger partial charge on any atom is 0.274 e. The molecule has 2 aromatic rings. The number of amides is 2. The minimum absolute atomic E-state index is 0.0890. The maximum absolute atomic E-state index is 13.2. The summed E-state index contributed by atoms with van der Waals surface area (Å²) in [6.07, 6.45) is 3.99. The number of ether oxygens (including phenoxy) is 1. The van der Waals surface area contributed by atoms with E-state index in [4.69, 9.17) is 4.74 Å². The van der Waals surface area contributed by atoms with Crippen molar-refractivity contribution in [3.63, 3.8) is 0 Å². The lowest BCUT2D eigenvalue weighted by molar-refractivity contribution is -0.0440. The highest BCUT2D eigenvalue weighted by atomic mass is 32.2. The van der Waals surface area contributed by atoms with Crippen molar-refractivity contribution in [3.8, 4) is 0 Å². The van der Waals surface area contributed by atoms with Gasteiger partial charge in [0.25, 0.3) is 11.8 Å². The fraction of sp³-hybridized carbons (Fsp3) is 0.455. The molecule has 2 unspecified atom stereocenters. The molecule has 11 heteroatoms. The summed E-state index contributed by atoms with van der Waals surface area (Å²) in [7, 11) is -3.75. The number of benzene rings is 1. The smallest absolute Gasteiger partial charge is 0.274 e. The Hall–Kier alpha value is -2.89. The lowest BCUT2D eigenvalue weighted by Crippen LogP contribution is -2.50. The molecule has 0 radical (unpaired) electrons. The summed E-state index contributed by atoms with van der Waals surface area (Å²) in [5.74, 6) is -0.486. The lowest BCUT2D eigenvalue weighted by Gasteiger charge is -2.35. The van der Waals surface area contributed by atoms with E-state index in [1.165, 1.54) is 35.0 Å². The number of carbonyl (C=O) groups excluding carboxylic acids is 2. The molecule has 0 N–H and O–H groups in total. The zero-order valence-electron chi connectivity index (χ0n) is 18.6. The summed E-state index contributed by atoms with van der Waals surface area (Å²) in [4.78, 5) is 36.9. The SMILES string of the molecule is CC1CN(S(=O)(=O)c2cccc(C(=O)N3CCN(C(=O)c4cnccn4)CC3)c2)CC(C)O1. The van der Waals surface area contributed by atoms with Gasteiger partial charge in [0.2, 0.25) is 10.0 Å². The molecule has 10 nitrogen and oxygen atoms in total. The van der Waals surface area contributed by atoms with Crippen LogP contribution in [0.5, 0.6) is 0 Å². The van der Waals surface area contributed by atoms with Crippen molar-refractivity contribution < 1.29 is 22.7 Å². The average molecular weight is 474 g/mol. The Morgan fingerprint density at radius 1 is 0.970 bits per heavy atom. The Labute approximate surface area is 193 Å². The van der Waals surface area contributed by atoms with Gasteiger partial charge in [0.15, 0.2) is 0 Å². The largest absolute Gasteiger partial charge is 0.373 e. The van der Waals surface area contributed by atoms with Crippen LogP contribution in [0.1, 0.15) is 34.7 Å². The van der Waals surface area contributed by atoms with E-state index in [1.54, 1.807) is 21.9 Å². The van der Waals surface area contributed by atoms with Crippen molar-refractivity contribution in [2.45, 2.75) is 31.0 Å². The topological polar surface area (TPSA) is 113 Å². The van der Waals surface area contributed by atoms with E-state index < -0.39 is 10.0 Å². The van der Waals surface area contributed by atoms with Gasteiger partial charge in [-0.05, 0) is 32.0 Å². The summed E-state index contributed by atoms with van der Waals surface area (Å²) in [6.45, 7) is 5.64. The lowest BCUT2D eigenvalue weighted by atomic mass is 10.2. The van der Waals surface area contributed by atoms with Crippen LogP contribution in [0.3, 0.4) is 0 Å². The summed E-state index contributed by atoms with van der Waals surface area (Å²) in [6, 6.07) is 6.14. The van der Waals surface area contributed by atoms with Crippen LogP contribution in [0.2, 0.25) is 0 Å². The van der Waals surface area contributed by atoms with Crippen LogP contribution in [-0.4, -0.2) is 95.8 Å². The first kappa shape index (κ1) is 23.3. The Morgan fingerprint density at radius 2 is 1.61 bits per heavy atom. The second kappa shape index (κ2) is 9.54. The summed E-state index contributed by atoms with van der Waals surface area (Å²) >= 11 is 0. The third-order valence-electron chi connectivity index (χ3n) is 5.74. The van der Waals surface area contributed by atoms with Crippen LogP contribution >= 0.6 is 0 Å². The number of piperazine rings is 1. The third kappa shape index (κ3) is 5.05. The Balaban J connectivity index is 1.44. The standard InChI is InChI=1S/C22H27N5O5S/c1-16-14-27(15-17(2)32-16)33(30,31)19-5-3-4-18(12-19)21(28)25-8-10-26(11-9-25)22(29)20-13-23-6-7-24-20/h3-7,12-13,16-17H,8-11,14-15H2,1-2H3. The van der Waals surface area contributed by atoms with Crippen LogP contribution in [0.15, 0.2) is 47.8 Å². The van der Waals surface area contributed by atoms with Crippen molar-refractivity contribution in [3.05, 3.63) is 54.1 Å².